The zero-order valence-electron chi connectivity index (χ0n) is 16.7. The van der Waals surface area contributed by atoms with Crippen LogP contribution in [0, 0.1) is 0 Å². The third-order valence-electron chi connectivity index (χ3n) is 4.30. The molecule has 2 rings (SSSR count). The smallest absolute Gasteiger partial charge is 0.252 e. The Kier molecular flexibility index (Phi) is 8.14. The lowest BCUT2D eigenvalue weighted by molar-refractivity contribution is -0.860. The molecule has 2 N–H and O–H groups in total. The van der Waals surface area contributed by atoms with Gasteiger partial charge in [0.25, 0.3) is 5.91 Å². The summed E-state index contributed by atoms with van der Waals surface area (Å²) in [5.74, 6) is 1.12. The van der Waals surface area contributed by atoms with Gasteiger partial charge in [-0.1, -0.05) is 43.7 Å². The van der Waals surface area contributed by atoms with Crippen LogP contribution in [-0.2, 0) is 0 Å². The first-order valence-corrected chi connectivity index (χ1v) is 9.50. The van der Waals surface area contributed by atoms with E-state index in [0.717, 1.165) is 24.9 Å². The molecule has 146 valence electrons. The van der Waals surface area contributed by atoms with Crippen molar-refractivity contribution in [1.29, 1.82) is 0 Å². The number of benzene rings is 2. The molecule has 0 bridgehead atoms. The van der Waals surface area contributed by atoms with E-state index in [1.165, 1.54) is 4.90 Å². The number of unbranched alkanes of at least 4 members (excludes halogenated alkanes) is 1. The lowest BCUT2D eigenvalue weighted by Gasteiger charge is -2.21. The number of quaternary nitrogens is 1. The van der Waals surface area contributed by atoms with Crippen molar-refractivity contribution < 1.29 is 19.2 Å². The van der Waals surface area contributed by atoms with Gasteiger partial charge in [0.05, 0.1) is 27.8 Å². The molecular weight excluding hydrogens is 340 g/mol. The largest absolute Gasteiger partial charge is 0.493 e. The van der Waals surface area contributed by atoms with Gasteiger partial charge in [0, 0.05) is 5.56 Å². The molecule has 0 fully saturated rings. The predicted octanol–water partition coefficient (Wildman–Crippen LogP) is 2.49. The van der Waals surface area contributed by atoms with Gasteiger partial charge in [0.2, 0.25) is 0 Å². The lowest BCUT2D eigenvalue weighted by Crippen LogP contribution is -3.06. The first-order valence-electron chi connectivity index (χ1n) is 9.50. The van der Waals surface area contributed by atoms with Crippen LogP contribution in [0.15, 0.2) is 48.5 Å². The molecule has 2 aromatic rings. The first-order chi connectivity index (χ1) is 13.0. The molecule has 0 aromatic heterocycles. The van der Waals surface area contributed by atoms with E-state index >= 15 is 0 Å². The van der Waals surface area contributed by atoms with Gasteiger partial charge in [-0.2, -0.15) is 0 Å². The monoisotopic (exact) mass is 371 g/mol. The molecule has 1 amide bonds. The van der Waals surface area contributed by atoms with E-state index in [0.29, 0.717) is 23.7 Å². The average Bonchev–Trinajstić information content (AvgIpc) is 2.68. The molecule has 1 atom stereocenters. The van der Waals surface area contributed by atoms with Crippen LogP contribution in [0.2, 0.25) is 0 Å². The summed E-state index contributed by atoms with van der Waals surface area (Å²) in [7, 11) is 5.74. The molecule has 0 radical (unpaired) electrons. The fourth-order valence-electron chi connectivity index (χ4n) is 2.84. The maximum absolute atomic E-state index is 12.8. The molecule has 0 unspecified atom stereocenters. The molecule has 0 spiro atoms. The third-order valence-corrected chi connectivity index (χ3v) is 4.30. The van der Waals surface area contributed by atoms with Gasteiger partial charge in [0.1, 0.15) is 12.6 Å². The van der Waals surface area contributed by atoms with E-state index in [-0.39, 0.29) is 11.9 Å². The minimum atomic E-state index is -0.122. The van der Waals surface area contributed by atoms with E-state index in [9.17, 15) is 4.79 Å². The minimum absolute atomic E-state index is 0.0600. The summed E-state index contributed by atoms with van der Waals surface area (Å²) >= 11 is 0. The van der Waals surface area contributed by atoms with Crippen LogP contribution >= 0.6 is 0 Å². The topological polar surface area (TPSA) is 52.0 Å². The molecule has 0 heterocycles. The number of ether oxygens (including phenoxy) is 2. The zero-order chi connectivity index (χ0) is 19.6. The van der Waals surface area contributed by atoms with Crippen molar-refractivity contribution in [2.75, 3.05) is 34.4 Å². The molecular formula is C22H31N2O3+. The quantitative estimate of drug-likeness (QED) is 0.631. The number of hydrogen-bond acceptors (Lipinski definition) is 3. The number of nitrogens with one attached hydrogen (secondary N) is 2. The van der Waals surface area contributed by atoms with Gasteiger partial charge in [-0.15, -0.1) is 0 Å². The molecule has 0 aliphatic carbocycles. The molecule has 5 nitrogen and oxygen atoms in total. The Bertz CT molecular complexity index is 717. The fraction of sp³-hybridized carbons (Fsp3) is 0.409. The number of hydrogen-bond donors (Lipinski definition) is 2. The van der Waals surface area contributed by atoms with Crippen LogP contribution in [0.1, 0.15) is 41.7 Å². The van der Waals surface area contributed by atoms with Crippen LogP contribution in [0.25, 0.3) is 0 Å². The summed E-state index contributed by atoms with van der Waals surface area (Å²) in [6, 6.07) is 15.3. The fourth-order valence-corrected chi connectivity index (χ4v) is 2.84. The number of carbonyl (C=O) groups is 1. The number of rotatable bonds is 10. The SMILES string of the molecule is CCCCOc1ccc(C(=O)N[C@H](C[NH+](C)C)c2ccccc2)cc1OC. The summed E-state index contributed by atoms with van der Waals surface area (Å²) in [6.07, 6.45) is 2.05. The Morgan fingerprint density at radius 2 is 1.85 bits per heavy atom. The van der Waals surface area contributed by atoms with Gasteiger partial charge < -0.3 is 19.7 Å². The lowest BCUT2D eigenvalue weighted by atomic mass is 10.1. The molecule has 2 aromatic carbocycles. The second kappa shape index (κ2) is 10.6. The Hall–Kier alpha value is -2.53. The summed E-state index contributed by atoms with van der Waals surface area (Å²) in [5, 5.41) is 3.15. The van der Waals surface area contributed by atoms with E-state index in [1.807, 2.05) is 30.3 Å². The number of amides is 1. The predicted molar refractivity (Wildman–Crippen MR) is 108 cm³/mol. The molecule has 0 saturated carbocycles. The maximum atomic E-state index is 12.8. The van der Waals surface area contributed by atoms with Crippen LogP contribution < -0.4 is 19.7 Å². The molecule has 5 heteroatoms. The summed E-state index contributed by atoms with van der Waals surface area (Å²) < 4.78 is 11.2. The van der Waals surface area contributed by atoms with Crippen molar-refractivity contribution in [1.82, 2.24) is 5.32 Å². The van der Waals surface area contributed by atoms with Crippen LogP contribution in [-0.4, -0.2) is 40.3 Å². The highest BCUT2D eigenvalue weighted by molar-refractivity contribution is 5.95. The number of methoxy groups -OCH3 is 1. The second-order valence-electron chi connectivity index (χ2n) is 6.92. The van der Waals surface area contributed by atoms with E-state index in [4.69, 9.17) is 9.47 Å². The molecule has 27 heavy (non-hydrogen) atoms. The Morgan fingerprint density at radius 1 is 1.11 bits per heavy atom. The van der Waals surface area contributed by atoms with Crippen molar-refractivity contribution in [2.24, 2.45) is 0 Å². The van der Waals surface area contributed by atoms with E-state index in [2.05, 4.69) is 26.3 Å². The number of likely N-dealkylation sites (N-methyl/N-ethyl adjacent to an activating group) is 1. The highest BCUT2D eigenvalue weighted by Gasteiger charge is 2.19. The first kappa shape index (κ1) is 20.8. The molecule has 0 aliphatic heterocycles. The summed E-state index contributed by atoms with van der Waals surface area (Å²) in [6.45, 7) is 3.55. The summed E-state index contributed by atoms with van der Waals surface area (Å²) in [5.41, 5.74) is 1.66. The minimum Gasteiger partial charge on any atom is -0.493 e. The van der Waals surface area contributed by atoms with Crippen LogP contribution in [0.3, 0.4) is 0 Å². The second-order valence-corrected chi connectivity index (χ2v) is 6.92. The van der Waals surface area contributed by atoms with Crippen molar-refractivity contribution in [3.05, 3.63) is 59.7 Å². The van der Waals surface area contributed by atoms with E-state index < -0.39 is 0 Å². The van der Waals surface area contributed by atoms with Crippen LogP contribution in [0.4, 0.5) is 0 Å². The third kappa shape index (κ3) is 6.29. The molecule has 0 saturated heterocycles. The van der Waals surface area contributed by atoms with Crippen LogP contribution in [0.5, 0.6) is 11.5 Å². The Balaban J connectivity index is 2.15. The van der Waals surface area contributed by atoms with Gasteiger partial charge in [0.15, 0.2) is 11.5 Å². The highest BCUT2D eigenvalue weighted by atomic mass is 16.5. The normalized spacial score (nSPS) is 11.9. The van der Waals surface area contributed by atoms with Crippen molar-refractivity contribution >= 4 is 5.91 Å². The number of carbonyl (C=O) groups excluding carboxylic acids is 1. The Morgan fingerprint density at radius 3 is 2.48 bits per heavy atom. The van der Waals surface area contributed by atoms with Crippen molar-refractivity contribution in [3.63, 3.8) is 0 Å². The van der Waals surface area contributed by atoms with Gasteiger partial charge in [-0.3, -0.25) is 4.79 Å². The van der Waals surface area contributed by atoms with Gasteiger partial charge in [-0.05, 0) is 30.2 Å². The van der Waals surface area contributed by atoms with Gasteiger partial charge in [-0.25, -0.2) is 0 Å². The maximum Gasteiger partial charge on any atom is 0.252 e. The zero-order valence-corrected chi connectivity index (χ0v) is 16.7. The van der Waals surface area contributed by atoms with E-state index in [1.54, 1.807) is 25.3 Å². The van der Waals surface area contributed by atoms with Gasteiger partial charge >= 0.3 is 0 Å². The standard InChI is InChI=1S/C22H30N2O3/c1-5-6-14-27-20-13-12-18(15-21(20)26-4)22(25)23-19(16-24(2)3)17-10-8-7-9-11-17/h7-13,15,19H,5-6,14,16H2,1-4H3,(H,23,25)/p+1/t19-/m1/s1. The summed E-state index contributed by atoms with van der Waals surface area (Å²) in [4.78, 5) is 14.1. The molecule has 0 aliphatic rings. The highest BCUT2D eigenvalue weighted by Crippen LogP contribution is 2.28. The average molecular weight is 372 g/mol. The Labute approximate surface area is 162 Å². The van der Waals surface area contributed by atoms with Crippen molar-refractivity contribution in [3.8, 4) is 11.5 Å². The van der Waals surface area contributed by atoms with Crippen molar-refractivity contribution in [2.45, 2.75) is 25.8 Å².